The zero-order valence-electron chi connectivity index (χ0n) is 21.9. The van der Waals surface area contributed by atoms with Crippen molar-refractivity contribution in [3.63, 3.8) is 0 Å². The van der Waals surface area contributed by atoms with Crippen LogP contribution in [0.3, 0.4) is 0 Å². The van der Waals surface area contributed by atoms with E-state index in [2.05, 4.69) is 70.2 Å². The largest absolute Gasteiger partial charge is 0.409 e. The number of carbonyl (C=O) groups is 1. The number of hydrogen-bond acceptors (Lipinski definition) is 6. The van der Waals surface area contributed by atoms with Crippen molar-refractivity contribution in [1.29, 1.82) is 0 Å². The van der Waals surface area contributed by atoms with Gasteiger partial charge < -0.3 is 23.4 Å². The van der Waals surface area contributed by atoms with Crippen molar-refractivity contribution in [2.24, 2.45) is 23.7 Å². The summed E-state index contributed by atoms with van der Waals surface area (Å²) >= 11 is 3.45. The fourth-order valence-electron chi connectivity index (χ4n) is 4.70. The summed E-state index contributed by atoms with van der Waals surface area (Å²) in [6.07, 6.45) is 2.78. The van der Waals surface area contributed by atoms with E-state index < -0.39 is 20.9 Å². The van der Waals surface area contributed by atoms with E-state index in [9.17, 15) is 4.79 Å². The van der Waals surface area contributed by atoms with Gasteiger partial charge in [0, 0.05) is 5.33 Å². The Kier molecular flexibility index (Phi) is 11.3. The fourth-order valence-corrected chi connectivity index (χ4v) is 6.03. The third-order valence-electron chi connectivity index (χ3n) is 7.00. The zero-order chi connectivity index (χ0) is 24.9. The molecule has 4 unspecified atom stereocenters. The Morgan fingerprint density at radius 3 is 2.15 bits per heavy atom. The van der Waals surface area contributed by atoms with E-state index >= 15 is 0 Å². The maximum atomic E-state index is 11.6. The average molecular weight is 550 g/mol. The van der Waals surface area contributed by atoms with Gasteiger partial charge in [-0.3, -0.25) is 4.79 Å². The molecular formula is C25H45BrO6Si. The number of rotatable bonds is 10. The summed E-state index contributed by atoms with van der Waals surface area (Å²) in [5.41, 5.74) is 0. The minimum absolute atomic E-state index is 0.00775. The molecule has 2 heterocycles. The molecule has 2 saturated heterocycles. The molecule has 0 radical (unpaired) electrons. The third-order valence-corrected chi connectivity index (χ3v) is 8.30. The Labute approximate surface area is 210 Å². The van der Waals surface area contributed by atoms with Crippen molar-refractivity contribution in [2.45, 2.75) is 105 Å². The van der Waals surface area contributed by atoms with Gasteiger partial charge >= 0.3 is 0 Å². The second-order valence-electron chi connectivity index (χ2n) is 10.7. The van der Waals surface area contributed by atoms with Gasteiger partial charge in [-0.15, -0.1) is 0 Å². The van der Waals surface area contributed by atoms with Crippen LogP contribution >= 0.6 is 15.9 Å². The first-order valence-corrected chi connectivity index (χ1v) is 16.9. The lowest BCUT2D eigenvalue weighted by molar-refractivity contribution is -0.338. The molecule has 8 heteroatoms. The van der Waals surface area contributed by atoms with Crippen LogP contribution in [0, 0.1) is 23.7 Å². The quantitative estimate of drug-likeness (QED) is 0.202. The Balaban J connectivity index is 2.33. The second kappa shape index (κ2) is 12.7. The van der Waals surface area contributed by atoms with Crippen molar-refractivity contribution >= 4 is 30.0 Å². The van der Waals surface area contributed by atoms with Crippen molar-refractivity contribution < 1.29 is 28.2 Å². The second-order valence-corrected chi connectivity index (χ2v) is 15.9. The highest BCUT2D eigenvalue weighted by Gasteiger charge is 2.49. The van der Waals surface area contributed by atoms with Gasteiger partial charge in [-0.1, -0.05) is 56.6 Å². The maximum absolute atomic E-state index is 11.6. The van der Waals surface area contributed by atoms with E-state index in [-0.39, 0.29) is 48.0 Å². The number of allylic oxidation sites excluding steroid dienone is 1. The molecule has 0 bridgehead atoms. The van der Waals surface area contributed by atoms with Gasteiger partial charge in [-0.2, -0.15) is 0 Å². The molecule has 2 fully saturated rings. The number of halogens is 1. The molecule has 0 N–H and O–H groups in total. The van der Waals surface area contributed by atoms with E-state index in [0.29, 0.717) is 12.5 Å². The fraction of sp³-hybridized carbons (Fsp3) is 0.880. The number of alkyl halides is 1. The summed E-state index contributed by atoms with van der Waals surface area (Å²) in [6, 6.07) is 0. The van der Waals surface area contributed by atoms with Crippen molar-refractivity contribution in [3.05, 3.63) is 12.2 Å². The zero-order valence-corrected chi connectivity index (χ0v) is 24.5. The van der Waals surface area contributed by atoms with E-state index in [1.54, 1.807) is 13.0 Å². The molecule has 192 valence electrons. The lowest BCUT2D eigenvalue weighted by Gasteiger charge is -2.50. The van der Waals surface area contributed by atoms with Crippen molar-refractivity contribution in [2.75, 3.05) is 11.9 Å². The first kappa shape index (κ1) is 29.1. The molecule has 0 aromatic heterocycles. The van der Waals surface area contributed by atoms with Gasteiger partial charge in [-0.05, 0) is 62.7 Å². The monoisotopic (exact) mass is 548 g/mol. The molecular weight excluding hydrogens is 504 g/mol. The Hall–Kier alpha value is -0.0931. The number of hydrogen-bond donors (Lipinski definition) is 0. The van der Waals surface area contributed by atoms with Crippen LogP contribution in [0.25, 0.3) is 0 Å². The molecule has 0 aromatic rings. The van der Waals surface area contributed by atoms with Crippen LogP contribution in [-0.4, -0.2) is 63.0 Å². The molecule has 6 nitrogen and oxygen atoms in total. The van der Waals surface area contributed by atoms with Crippen LogP contribution in [-0.2, 0) is 28.2 Å². The van der Waals surface area contributed by atoms with Gasteiger partial charge in [0.1, 0.15) is 6.10 Å². The van der Waals surface area contributed by atoms with E-state index in [1.165, 1.54) is 0 Å². The summed E-state index contributed by atoms with van der Waals surface area (Å²) in [7, 11) is -1.87. The molecule has 10 atom stereocenters. The van der Waals surface area contributed by atoms with Crippen LogP contribution in [0.5, 0.6) is 0 Å². The third kappa shape index (κ3) is 7.95. The summed E-state index contributed by atoms with van der Waals surface area (Å²) in [4.78, 5) is 11.6. The standard InChI is InChI=1S/C25H45BrO6Si/c1-10-20-16(3)18(5)22(24(29-20)28-14-13-26)31-25-23(32-33(7,8)9)19(6)17(4)21(30-25)12-11-15(2)27/h11-12,16-25H,10,13-14H2,1-9H3/b12-11+/t16-,17-,18-,19-,20?,21?,22?,23?,24-,25+/m0/s1. The predicted octanol–water partition coefficient (Wildman–Crippen LogP) is 5.55. The first-order valence-electron chi connectivity index (χ1n) is 12.4. The Bertz CT molecular complexity index is 653. The number of ether oxygens (including phenoxy) is 4. The Morgan fingerprint density at radius 1 is 0.970 bits per heavy atom. The summed E-state index contributed by atoms with van der Waals surface area (Å²) in [6.45, 7) is 19.6. The van der Waals surface area contributed by atoms with Gasteiger partial charge in [0.05, 0.1) is 24.9 Å². The normalized spacial score (nSPS) is 40.3. The topological polar surface area (TPSA) is 63.2 Å². The molecule has 2 aliphatic rings. The van der Waals surface area contributed by atoms with Gasteiger partial charge in [0.15, 0.2) is 26.7 Å². The van der Waals surface area contributed by atoms with Crippen molar-refractivity contribution in [1.82, 2.24) is 0 Å². The first-order chi connectivity index (χ1) is 15.4. The molecule has 0 amide bonds. The van der Waals surface area contributed by atoms with Gasteiger partial charge in [0.25, 0.3) is 0 Å². The SMILES string of the molecule is CCC1O[C@H](OCCBr)C(O[C@H]2OC(/C=C/C(C)=O)[C@@H](C)[C@H](C)C2O[Si](C)(C)C)[C@@H](C)[C@@H]1C. The highest BCUT2D eigenvalue weighted by atomic mass is 79.9. The lowest BCUT2D eigenvalue weighted by Crippen LogP contribution is -2.58. The van der Waals surface area contributed by atoms with E-state index in [1.807, 2.05) is 6.08 Å². The molecule has 0 aliphatic carbocycles. The summed E-state index contributed by atoms with van der Waals surface area (Å²) in [5, 5.41) is 0.730. The van der Waals surface area contributed by atoms with Gasteiger partial charge in [-0.25, -0.2) is 0 Å². The summed E-state index contributed by atoms with van der Waals surface area (Å²) < 4.78 is 32.3. The minimum atomic E-state index is -1.87. The number of carbonyl (C=O) groups excluding carboxylic acids is 1. The lowest BCUT2D eigenvalue weighted by atomic mass is 9.81. The van der Waals surface area contributed by atoms with Crippen molar-refractivity contribution in [3.8, 4) is 0 Å². The molecule has 0 spiro atoms. The highest BCUT2D eigenvalue weighted by Crippen LogP contribution is 2.40. The molecule has 33 heavy (non-hydrogen) atoms. The maximum Gasteiger partial charge on any atom is 0.184 e. The Morgan fingerprint density at radius 2 is 1.61 bits per heavy atom. The average Bonchev–Trinajstić information content (AvgIpc) is 2.73. The molecule has 2 rings (SSSR count). The summed E-state index contributed by atoms with van der Waals surface area (Å²) in [5.74, 6) is 0.938. The highest BCUT2D eigenvalue weighted by molar-refractivity contribution is 9.09. The molecule has 0 saturated carbocycles. The van der Waals surface area contributed by atoms with Crippen LogP contribution in [0.1, 0.15) is 48.0 Å². The van der Waals surface area contributed by atoms with Gasteiger partial charge in [0.2, 0.25) is 0 Å². The molecule has 2 aliphatic heterocycles. The minimum Gasteiger partial charge on any atom is -0.409 e. The predicted molar refractivity (Wildman–Crippen MR) is 137 cm³/mol. The smallest absolute Gasteiger partial charge is 0.184 e. The van der Waals surface area contributed by atoms with E-state index in [0.717, 1.165) is 11.8 Å². The van der Waals surface area contributed by atoms with E-state index in [4.69, 9.17) is 23.4 Å². The molecule has 0 aromatic carbocycles. The van der Waals surface area contributed by atoms with Crippen LogP contribution in [0.2, 0.25) is 19.6 Å². The van der Waals surface area contributed by atoms with Crippen LogP contribution in [0.4, 0.5) is 0 Å². The van der Waals surface area contributed by atoms with Crippen LogP contribution < -0.4 is 0 Å². The number of ketones is 1. The van der Waals surface area contributed by atoms with Crippen LogP contribution in [0.15, 0.2) is 12.2 Å².